The van der Waals surface area contributed by atoms with Crippen molar-refractivity contribution in [1.29, 1.82) is 0 Å². The third-order valence-electron chi connectivity index (χ3n) is 3.46. The SMILES string of the molecule is CC(C)(C)C(O)CNC(=O)Cc1csc(-c2cccc(F)c2)n1. The van der Waals surface area contributed by atoms with Crippen LogP contribution in [0.15, 0.2) is 29.6 Å². The minimum absolute atomic E-state index is 0.142. The fourth-order valence-electron chi connectivity index (χ4n) is 1.89. The molecule has 6 heteroatoms. The molecule has 0 fully saturated rings. The zero-order valence-corrected chi connectivity index (χ0v) is 14.3. The first-order valence-corrected chi connectivity index (χ1v) is 8.29. The smallest absolute Gasteiger partial charge is 0.226 e. The number of aliphatic hydroxyl groups is 1. The van der Waals surface area contributed by atoms with Crippen LogP contribution in [0.2, 0.25) is 0 Å². The zero-order chi connectivity index (χ0) is 17.0. The molecule has 1 heterocycles. The van der Waals surface area contributed by atoms with E-state index in [0.29, 0.717) is 16.3 Å². The molecule has 1 aromatic heterocycles. The van der Waals surface area contributed by atoms with E-state index in [-0.39, 0.29) is 30.1 Å². The number of hydrogen-bond donors (Lipinski definition) is 2. The molecular formula is C17H21FN2O2S. The average Bonchev–Trinajstić information content (AvgIpc) is 2.92. The molecule has 124 valence electrons. The topological polar surface area (TPSA) is 62.2 Å². The summed E-state index contributed by atoms with van der Waals surface area (Å²) in [6.45, 7) is 5.95. The summed E-state index contributed by atoms with van der Waals surface area (Å²) in [6, 6.07) is 6.21. The van der Waals surface area contributed by atoms with Gasteiger partial charge in [-0.05, 0) is 17.5 Å². The van der Waals surface area contributed by atoms with Crippen molar-refractivity contribution in [1.82, 2.24) is 10.3 Å². The van der Waals surface area contributed by atoms with Gasteiger partial charge < -0.3 is 10.4 Å². The Balaban J connectivity index is 1.93. The summed E-state index contributed by atoms with van der Waals surface area (Å²) in [5, 5.41) is 15.1. The maximum atomic E-state index is 13.2. The highest BCUT2D eigenvalue weighted by molar-refractivity contribution is 7.13. The Bertz CT molecular complexity index is 679. The molecule has 1 amide bonds. The van der Waals surface area contributed by atoms with Crippen molar-refractivity contribution < 1.29 is 14.3 Å². The molecule has 0 spiro atoms. The van der Waals surface area contributed by atoms with Gasteiger partial charge in [-0.1, -0.05) is 32.9 Å². The number of carbonyl (C=O) groups is 1. The second kappa shape index (κ2) is 7.19. The summed E-state index contributed by atoms with van der Waals surface area (Å²) in [4.78, 5) is 16.3. The molecule has 23 heavy (non-hydrogen) atoms. The van der Waals surface area contributed by atoms with Crippen LogP contribution in [0.4, 0.5) is 4.39 Å². The average molecular weight is 336 g/mol. The zero-order valence-electron chi connectivity index (χ0n) is 13.5. The number of aromatic nitrogens is 1. The molecule has 2 N–H and O–H groups in total. The third-order valence-corrected chi connectivity index (χ3v) is 4.40. The molecule has 1 unspecified atom stereocenters. The lowest BCUT2D eigenvalue weighted by Gasteiger charge is -2.25. The van der Waals surface area contributed by atoms with E-state index < -0.39 is 6.10 Å². The number of rotatable bonds is 5. The highest BCUT2D eigenvalue weighted by atomic mass is 32.1. The van der Waals surface area contributed by atoms with Gasteiger partial charge in [-0.2, -0.15) is 0 Å². The number of amides is 1. The van der Waals surface area contributed by atoms with E-state index in [0.717, 1.165) is 0 Å². The van der Waals surface area contributed by atoms with Crippen molar-refractivity contribution in [3.63, 3.8) is 0 Å². The molecule has 2 aromatic rings. The Hall–Kier alpha value is -1.79. The number of nitrogens with zero attached hydrogens (tertiary/aromatic N) is 1. The van der Waals surface area contributed by atoms with Crippen molar-refractivity contribution in [3.05, 3.63) is 41.2 Å². The largest absolute Gasteiger partial charge is 0.391 e. The summed E-state index contributed by atoms with van der Waals surface area (Å²) in [5.74, 6) is -0.502. The number of thiazole rings is 1. The van der Waals surface area contributed by atoms with Gasteiger partial charge >= 0.3 is 0 Å². The molecule has 0 bridgehead atoms. The van der Waals surface area contributed by atoms with Crippen molar-refractivity contribution in [2.45, 2.75) is 33.3 Å². The van der Waals surface area contributed by atoms with Crippen LogP contribution in [-0.2, 0) is 11.2 Å². The fraction of sp³-hybridized carbons (Fsp3) is 0.412. The van der Waals surface area contributed by atoms with Crippen LogP contribution < -0.4 is 5.32 Å². The molecule has 2 rings (SSSR count). The number of aliphatic hydroxyl groups excluding tert-OH is 1. The lowest BCUT2D eigenvalue weighted by atomic mass is 9.89. The molecule has 0 saturated carbocycles. The van der Waals surface area contributed by atoms with Crippen molar-refractivity contribution in [2.75, 3.05) is 6.54 Å². The molecular weight excluding hydrogens is 315 g/mol. The summed E-state index contributed by atoms with van der Waals surface area (Å²) in [6.07, 6.45) is -0.465. The molecule has 0 radical (unpaired) electrons. The van der Waals surface area contributed by atoms with Crippen molar-refractivity contribution >= 4 is 17.2 Å². The second-order valence-corrected chi connectivity index (χ2v) is 7.38. The Morgan fingerprint density at radius 2 is 2.17 bits per heavy atom. The lowest BCUT2D eigenvalue weighted by molar-refractivity contribution is -0.121. The third kappa shape index (κ3) is 5.11. The highest BCUT2D eigenvalue weighted by Crippen LogP contribution is 2.24. The molecule has 0 aliphatic carbocycles. The molecule has 0 aliphatic rings. The van der Waals surface area contributed by atoms with Gasteiger partial charge in [0.25, 0.3) is 0 Å². The first-order valence-electron chi connectivity index (χ1n) is 7.41. The lowest BCUT2D eigenvalue weighted by Crippen LogP contribution is -2.39. The standard InChI is InChI=1S/C17H21FN2O2S/c1-17(2,3)14(21)9-19-15(22)8-13-10-23-16(20-13)11-5-4-6-12(18)7-11/h4-7,10,14,21H,8-9H2,1-3H3,(H,19,22). The summed E-state index contributed by atoms with van der Waals surface area (Å²) >= 11 is 1.37. The molecule has 0 aliphatic heterocycles. The predicted octanol–water partition coefficient (Wildman–Crippen LogP) is 3.01. The van der Waals surface area contributed by atoms with Crippen LogP contribution in [-0.4, -0.2) is 28.6 Å². The number of nitrogens with one attached hydrogen (secondary N) is 1. The van der Waals surface area contributed by atoms with Gasteiger partial charge in [-0.25, -0.2) is 9.37 Å². The summed E-state index contributed by atoms with van der Waals surface area (Å²) in [5.41, 5.74) is 1.06. The van der Waals surface area contributed by atoms with Gasteiger partial charge in [0.1, 0.15) is 10.8 Å². The van der Waals surface area contributed by atoms with Crippen LogP contribution in [0, 0.1) is 11.2 Å². The maximum Gasteiger partial charge on any atom is 0.226 e. The first kappa shape index (κ1) is 17.6. The minimum Gasteiger partial charge on any atom is -0.391 e. The summed E-state index contributed by atoms with van der Waals surface area (Å²) in [7, 11) is 0. The van der Waals surface area contributed by atoms with Crippen LogP contribution in [0.5, 0.6) is 0 Å². The number of halogens is 1. The Morgan fingerprint density at radius 3 is 2.83 bits per heavy atom. The Morgan fingerprint density at radius 1 is 1.43 bits per heavy atom. The van der Waals surface area contributed by atoms with Gasteiger partial charge in [-0.15, -0.1) is 11.3 Å². The van der Waals surface area contributed by atoms with Crippen LogP contribution >= 0.6 is 11.3 Å². The van der Waals surface area contributed by atoms with E-state index in [9.17, 15) is 14.3 Å². The highest BCUT2D eigenvalue weighted by Gasteiger charge is 2.22. The monoisotopic (exact) mass is 336 g/mol. The first-order chi connectivity index (χ1) is 10.8. The van der Waals surface area contributed by atoms with E-state index in [1.165, 1.54) is 23.5 Å². The van der Waals surface area contributed by atoms with Gasteiger partial charge in [0.05, 0.1) is 18.2 Å². The molecule has 1 atom stereocenters. The van der Waals surface area contributed by atoms with Gasteiger partial charge in [0, 0.05) is 17.5 Å². The number of hydrogen-bond acceptors (Lipinski definition) is 4. The van der Waals surface area contributed by atoms with Crippen molar-refractivity contribution in [3.8, 4) is 10.6 Å². The Kier molecular flexibility index (Phi) is 5.49. The predicted molar refractivity (Wildman–Crippen MR) is 89.7 cm³/mol. The second-order valence-electron chi connectivity index (χ2n) is 6.52. The molecule has 0 saturated heterocycles. The van der Waals surface area contributed by atoms with Crippen LogP contribution in [0.1, 0.15) is 26.5 Å². The van der Waals surface area contributed by atoms with Gasteiger partial charge in [-0.3, -0.25) is 4.79 Å². The fourth-order valence-corrected chi connectivity index (χ4v) is 2.70. The van der Waals surface area contributed by atoms with Crippen LogP contribution in [0.25, 0.3) is 10.6 Å². The molecule has 4 nitrogen and oxygen atoms in total. The van der Waals surface area contributed by atoms with E-state index in [2.05, 4.69) is 10.3 Å². The summed E-state index contributed by atoms with van der Waals surface area (Å²) < 4.78 is 13.2. The van der Waals surface area contributed by atoms with E-state index in [4.69, 9.17) is 0 Å². The van der Waals surface area contributed by atoms with Crippen molar-refractivity contribution in [2.24, 2.45) is 5.41 Å². The van der Waals surface area contributed by atoms with E-state index >= 15 is 0 Å². The number of benzene rings is 1. The minimum atomic E-state index is -0.607. The maximum absolute atomic E-state index is 13.2. The van der Waals surface area contributed by atoms with Gasteiger partial charge in [0.2, 0.25) is 5.91 Å². The molecule has 1 aromatic carbocycles. The quantitative estimate of drug-likeness (QED) is 0.882. The Labute approximate surface area is 139 Å². The van der Waals surface area contributed by atoms with Crippen LogP contribution in [0.3, 0.4) is 0 Å². The normalized spacial score (nSPS) is 12.9. The van der Waals surface area contributed by atoms with E-state index in [1.54, 1.807) is 17.5 Å². The van der Waals surface area contributed by atoms with Gasteiger partial charge in [0.15, 0.2) is 0 Å². The van der Waals surface area contributed by atoms with E-state index in [1.807, 2.05) is 20.8 Å². The number of carbonyl (C=O) groups excluding carboxylic acids is 1.